The minimum Gasteiger partial charge on any atom is -0.504 e. The number of nitrogens with two attached hydrogens (primary N) is 1. The van der Waals surface area contributed by atoms with E-state index < -0.39 is 0 Å². The van der Waals surface area contributed by atoms with Gasteiger partial charge in [0.05, 0.1) is 7.11 Å². The Morgan fingerprint density at radius 3 is 2.64 bits per heavy atom. The Kier molecular flexibility index (Phi) is 5.35. The van der Waals surface area contributed by atoms with Crippen molar-refractivity contribution in [3.8, 4) is 11.5 Å². The molecule has 0 unspecified atom stereocenters. The first-order valence-corrected chi connectivity index (χ1v) is 4.31. The minimum absolute atomic E-state index is 0. The third kappa shape index (κ3) is 2.79. The van der Waals surface area contributed by atoms with Gasteiger partial charge in [0.15, 0.2) is 11.5 Å². The molecule has 0 saturated carbocycles. The highest BCUT2D eigenvalue weighted by atomic mass is 35.5. The van der Waals surface area contributed by atoms with Gasteiger partial charge in [-0.15, -0.1) is 12.4 Å². The fourth-order valence-electron chi connectivity index (χ4n) is 1.16. The summed E-state index contributed by atoms with van der Waals surface area (Å²) in [5, 5.41) is 9.32. The Morgan fingerprint density at radius 2 is 2.14 bits per heavy atom. The van der Waals surface area contributed by atoms with Gasteiger partial charge in [0.1, 0.15) is 0 Å². The molecule has 1 aromatic rings. The van der Waals surface area contributed by atoms with Crippen LogP contribution in [0, 0.1) is 0 Å². The van der Waals surface area contributed by atoms with E-state index in [1.807, 2.05) is 13.0 Å². The van der Waals surface area contributed by atoms with Crippen LogP contribution < -0.4 is 10.5 Å². The van der Waals surface area contributed by atoms with Gasteiger partial charge in [-0.2, -0.15) is 0 Å². The van der Waals surface area contributed by atoms with Gasteiger partial charge in [-0.1, -0.05) is 13.0 Å². The van der Waals surface area contributed by atoms with Crippen molar-refractivity contribution in [2.24, 2.45) is 5.73 Å². The van der Waals surface area contributed by atoms with E-state index in [2.05, 4.69) is 0 Å². The molecule has 80 valence electrons. The van der Waals surface area contributed by atoms with Crippen LogP contribution in [0.3, 0.4) is 0 Å². The second-order valence-corrected chi connectivity index (χ2v) is 2.95. The number of aromatic hydroxyl groups is 1. The summed E-state index contributed by atoms with van der Waals surface area (Å²) in [5.74, 6) is 0.621. The lowest BCUT2D eigenvalue weighted by atomic mass is 10.1. The standard InChI is InChI=1S/C10H15NO2.ClH/c1-3-8(11)7-4-5-9(12)10(6-7)13-2;/h4-6,8,12H,3,11H2,1-2H3;1H/t8-;/m0./s1. The number of phenols is 1. The van der Waals surface area contributed by atoms with E-state index in [1.165, 1.54) is 7.11 Å². The number of ether oxygens (including phenoxy) is 1. The van der Waals surface area contributed by atoms with Crippen LogP contribution in [0.2, 0.25) is 0 Å². The summed E-state index contributed by atoms with van der Waals surface area (Å²) in [6.45, 7) is 2.02. The highest BCUT2D eigenvalue weighted by molar-refractivity contribution is 5.85. The summed E-state index contributed by atoms with van der Waals surface area (Å²) in [6, 6.07) is 5.19. The number of benzene rings is 1. The number of halogens is 1. The molecule has 0 aliphatic carbocycles. The Labute approximate surface area is 90.3 Å². The van der Waals surface area contributed by atoms with Crippen molar-refractivity contribution in [3.63, 3.8) is 0 Å². The van der Waals surface area contributed by atoms with Crippen LogP contribution in [0.15, 0.2) is 18.2 Å². The summed E-state index contributed by atoms with van der Waals surface area (Å²) >= 11 is 0. The average Bonchev–Trinajstić information content (AvgIpc) is 2.17. The first kappa shape index (κ1) is 13.1. The Bertz CT molecular complexity index is 291. The van der Waals surface area contributed by atoms with E-state index in [4.69, 9.17) is 10.5 Å². The van der Waals surface area contributed by atoms with E-state index in [0.29, 0.717) is 5.75 Å². The van der Waals surface area contributed by atoms with Gasteiger partial charge in [-0.3, -0.25) is 0 Å². The van der Waals surface area contributed by atoms with Crippen molar-refractivity contribution in [1.82, 2.24) is 0 Å². The van der Waals surface area contributed by atoms with Gasteiger partial charge in [0, 0.05) is 6.04 Å². The Balaban J connectivity index is 0.00000169. The van der Waals surface area contributed by atoms with E-state index in [9.17, 15) is 5.11 Å². The van der Waals surface area contributed by atoms with E-state index in [1.54, 1.807) is 12.1 Å². The van der Waals surface area contributed by atoms with Crippen molar-refractivity contribution in [1.29, 1.82) is 0 Å². The molecule has 0 aliphatic heterocycles. The highest BCUT2D eigenvalue weighted by Gasteiger charge is 2.07. The normalized spacial score (nSPS) is 11.6. The quantitative estimate of drug-likeness (QED) is 0.817. The van der Waals surface area contributed by atoms with Crippen LogP contribution in [-0.4, -0.2) is 12.2 Å². The summed E-state index contributed by atoms with van der Waals surface area (Å²) in [5.41, 5.74) is 6.81. The third-order valence-electron chi connectivity index (χ3n) is 2.07. The number of methoxy groups -OCH3 is 1. The van der Waals surface area contributed by atoms with Crippen LogP contribution in [-0.2, 0) is 0 Å². The zero-order valence-electron chi connectivity index (χ0n) is 8.36. The zero-order chi connectivity index (χ0) is 9.84. The van der Waals surface area contributed by atoms with Crippen LogP contribution >= 0.6 is 12.4 Å². The van der Waals surface area contributed by atoms with Gasteiger partial charge in [-0.25, -0.2) is 0 Å². The van der Waals surface area contributed by atoms with Crippen molar-refractivity contribution in [3.05, 3.63) is 23.8 Å². The maximum absolute atomic E-state index is 9.32. The van der Waals surface area contributed by atoms with Gasteiger partial charge >= 0.3 is 0 Å². The van der Waals surface area contributed by atoms with E-state index in [-0.39, 0.29) is 24.2 Å². The maximum Gasteiger partial charge on any atom is 0.160 e. The highest BCUT2D eigenvalue weighted by Crippen LogP contribution is 2.28. The number of phenolic OH excluding ortho intramolecular Hbond substituents is 1. The fourth-order valence-corrected chi connectivity index (χ4v) is 1.16. The molecule has 0 aromatic heterocycles. The Hall–Kier alpha value is -0.930. The number of hydrogen-bond donors (Lipinski definition) is 2. The zero-order valence-corrected chi connectivity index (χ0v) is 9.17. The maximum atomic E-state index is 9.32. The summed E-state index contributed by atoms with van der Waals surface area (Å²) in [4.78, 5) is 0. The minimum atomic E-state index is 0. The summed E-state index contributed by atoms with van der Waals surface area (Å²) in [7, 11) is 1.52. The molecule has 3 N–H and O–H groups in total. The molecule has 0 bridgehead atoms. The first-order chi connectivity index (χ1) is 6.19. The Morgan fingerprint density at radius 1 is 1.50 bits per heavy atom. The molecule has 0 heterocycles. The van der Waals surface area contributed by atoms with Crippen molar-refractivity contribution >= 4 is 12.4 Å². The monoisotopic (exact) mass is 217 g/mol. The topological polar surface area (TPSA) is 55.5 Å². The lowest BCUT2D eigenvalue weighted by Crippen LogP contribution is -2.08. The lowest BCUT2D eigenvalue weighted by Gasteiger charge is -2.11. The third-order valence-corrected chi connectivity index (χ3v) is 2.07. The molecule has 1 atom stereocenters. The van der Waals surface area contributed by atoms with Gasteiger partial charge in [-0.05, 0) is 24.1 Å². The van der Waals surface area contributed by atoms with Crippen LogP contribution in [0.5, 0.6) is 11.5 Å². The van der Waals surface area contributed by atoms with Crippen LogP contribution in [0.4, 0.5) is 0 Å². The van der Waals surface area contributed by atoms with E-state index in [0.717, 1.165) is 12.0 Å². The van der Waals surface area contributed by atoms with Crippen molar-refractivity contribution in [2.75, 3.05) is 7.11 Å². The molecule has 1 rings (SSSR count). The molecule has 0 spiro atoms. The average molecular weight is 218 g/mol. The van der Waals surface area contributed by atoms with Gasteiger partial charge in [0.25, 0.3) is 0 Å². The molecule has 0 aliphatic rings. The molecular formula is C10H16ClNO2. The smallest absolute Gasteiger partial charge is 0.160 e. The molecule has 14 heavy (non-hydrogen) atoms. The SMILES string of the molecule is CC[C@H](N)c1ccc(O)c(OC)c1.Cl. The molecule has 0 radical (unpaired) electrons. The molecule has 0 amide bonds. The van der Waals surface area contributed by atoms with Crippen molar-refractivity contribution < 1.29 is 9.84 Å². The van der Waals surface area contributed by atoms with Crippen LogP contribution in [0.25, 0.3) is 0 Å². The predicted octanol–water partition coefficient (Wildman–Crippen LogP) is 2.23. The second-order valence-electron chi connectivity index (χ2n) is 2.95. The second kappa shape index (κ2) is 5.73. The summed E-state index contributed by atoms with van der Waals surface area (Å²) in [6.07, 6.45) is 0.869. The lowest BCUT2D eigenvalue weighted by molar-refractivity contribution is 0.372. The molecule has 0 fully saturated rings. The molecule has 0 saturated heterocycles. The van der Waals surface area contributed by atoms with Gasteiger partial charge in [0.2, 0.25) is 0 Å². The first-order valence-electron chi connectivity index (χ1n) is 4.31. The van der Waals surface area contributed by atoms with Crippen molar-refractivity contribution in [2.45, 2.75) is 19.4 Å². The number of rotatable bonds is 3. The van der Waals surface area contributed by atoms with Gasteiger partial charge < -0.3 is 15.6 Å². The van der Waals surface area contributed by atoms with E-state index >= 15 is 0 Å². The molecule has 1 aromatic carbocycles. The predicted molar refractivity (Wildman–Crippen MR) is 59.1 cm³/mol. The largest absolute Gasteiger partial charge is 0.504 e. The molecular weight excluding hydrogens is 202 g/mol. The molecule has 4 heteroatoms. The fraction of sp³-hybridized carbons (Fsp3) is 0.400. The number of hydrogen-bond acceptors (Lipinski definition) is 3. The summed E-state index contributed by atoms with van der Waals surface area (Å²) < 4.78 is 4.97. The van der Waals surface area contributed by atoms with Crippen LogP contribution in [0.1, 0.15) is 24.9 Å². The molecule has 3 nitrogen and oxygen atoms in total.